The molecule has 2 aromatic heterocycles. The molecule has 1 aliphatic heterocycles. The molecule has 4 rings (SSSR count). The van der Waals surface area contributed by atoms with Crippen molar-refractivity contribution in [3.8, 4) is 0 Å². The van der Waals surface area contributed by atoms with Crippen LogP contribution in [0.1, 0.15) is 18.5 Å². The maximum atomic E-state index is 4.50. The van der Waals surface area contributed by atoms with E-state index in [0.717, 1.165) is 42.0 Å². The van der Waals surface area contributed by atoms with Crippen molar-refractivity contribution in [3.63, 3.8) is 0 Å². The summed E-state index contributed by atoms with van der Waals surface area (Å²) in [5.74, 6) is 0.952. The third kappa shape index (κ3) is 2.78. The molecule has 24 heavy (non-hydrogen) atoms. The molecule has 0 radical (unpaired) electrons. The van der Waals surface area contributed by atoms with Crippen LogP contribution in [0.15, 0.2) is 41.3 Å². The van der Waals surface area contributed by atoms with E-state index < -0.39 is 0 Å². The van der Waals surface area contributed by atoms with Gasteiger partial charge in [-0.15, -0.1) is 0 Å². The predicted molar refractivity (Wildman–Crippen MR) is 98.0 cm³/mol. The van der Waals surface area contributed by atoms with E-state index in [1.165, 1.54) is 5.56 Å². The summed E-state index contributed by atoms with van der Waals surface area (Å²) in [6.07, 6.45) is 1.59. The van der Waals surface area contributed by atoms with Crippen molar-refractivity contribution in [2.45, 2.75) is 13.0 Å². The van der Waals surface area contributed by atoms with Gasteiger partial charge in [-0.3, -0.25) is 10.00 Å². The van der Waals surface area contributed by atoms with Crippen LogP contribution in [0.2, 0.25) is 0 Å². The summed E-state index contributed by atoms with van der Waals surface area (Å²) < 4.78 is 0.841. The van der Waals surface area contributed by atoms with Gasteiger partial charge in [0.25, 0.3) is 0 Å². The Balaban J connectivity index is 1.51. The number of nitrogens with one attached hydrogen (secondary N) is 1. The molecule has 1 N–H and O–H groups in total. The van der Waals surface area contributed by atoms with Crippen molar-refractivity contribution in [1.29, 1.82) is 0 Å². The lowest BCUT2D eigenvalue weighted by atomic mass is 10.1. The molecule has 0 bridgehead atoms. The average Bonchev–Trinajstić information content (AvgIpc) is 3.03. The number of halogens is 1. The van der Waals surface area contributed by atoms with Crippen LogP contribution < -0.4 is 4.90 Å². The van der Waals surface area contributed by atoms with Crippen molar-refractivity contribution >= 4 is 32.8 Å². The van der Waals surface area contributed by atoms with Gasteiger partial charge in [0.05, 0.1) is 5.39 Å². The number of rotatable bonds is 3. The maximum Gasteiger partial charge on any atom is 0.187 e. The van der Waals surface area contributed by atoms with Crippen LogP contribution in [0.3, 0.4) is 0 Å². The highest BCUT2D eigenvalue weighted by Gasteiger charge is 2.24. The topological polar surface area (TPSA) is 60.9 Å². The highest BCUT2D eigenvalue weighted by atomic mass is 79.9. The first kappa shape index (κ1) is 15.5. The van der Waals surface area contributed by atoms with Gasteiger partial charge in [0.15, 0.2) is 5.65 Å². The quantitative estimate of drug-likeness (QED) is 0.749. The molecule has 1 fully saturated rings. The Kier molecular flexibility index (Phi) is 4.20. The highest BCUT2D eigenvalue weighted by molar-refractivity contribution is 9.10. The van der Waals surface area contributed by atoms with Crippen LogP contribution in [0, 0.1) is 0 Å². The van der Waals surface area contributed by atoms with Crippen LogP contribution in [-0.4, -0.2) is 51.2 Å². The van der Waals surface area contributed by atoms with Crippen molar-refractivity contribution in [1.82, 2.24) is 25.1 Å². The van der Waals surface area contributed by atoms with E-state index in [4.69, 9.17) is 0 Å². The number of nitrogens with zero attached hydrogens (tertiary/aromatic N) is 5. The Labute approximate surface area is 149 Å². The van der Waals surface area contributed by atoms with E-state index in [9.17, 15) is 0 Å². The lowest BCUT2D eigenvalue weighted by Gasteiger charge is -2.38. The Morgan fingerprint density at radius 2 is 1.83 bits per heavy atom. The van der Waals surface area contributed by atoms with Gasteiger partial charge in [-0.25, -0.2) is 9.97 Å². The van der Waals surface area contributed by atoms with E-state index in [0.29, 0.717) is 11.7 Å². The monoisotopic (exact) mass is 386 g/mol. The fourth-order valence-electron chi connectivity index (χ4n) is 3.31. The number of benzene rings is 1. The number of hydrogen-bond acceptors (Lipinski definition) is 5. The molecule has 0 spiro atoms. The lowest BCUT2D eigenvalue weighted by Crippen LogP contribution is -2.47. The summed E-state index contributed by atoms with van der Waals surface area (Å²) in [5, 5.41) is 8.09. The van der Waals surface area contributed by atoms with Crippen LogP contribution in [0.25, 0.3) is 11.0 Å². The summed E-state index contributed by atoms with van der Waals surface area (Å²) in [7, 11) is 0. The lowest BCUT2D eigenvalue weighted by molar-refractivity contribution is 0.198. The number of fused-ring (bicyclic) bond motifs is 1. The van der Waals surface area contributed by atoms with Gasteiger partial charge in [-0.2, -0.15) is 5.10 Å². The number of aromatic nitrogens is 4. The Morgan fingerprint density at radius 3 is 2.58 bits per heavy atom. The van der Waals surface area contributed by atoms with Crippen LogP contribution >= 0.6 is 15.9 Å². The molecule has 1 aromatic carbocycles. The Hall–Kier alpha value is -1.99. The first-order valence-electron chi connectivity index (χ1n) is 8.12. The minimum absolute atomic E-state index is 0.430. The molecular weight excluding hydrogens is 368 g/mol. The van der Waals surface area contributed by atoms with E-state index in [1.807, 2.05) is 0 Å². The zero-order valence-corrected chi connectivity index (χ0v) is 15.1. The molecule has 1 atom stereocenters. The third-order valence-corrected chi connectivity index (χ3v) is 5.30. The molecule has 3 heterocycles. The van der Waals surface area contributed by atoms with E-state index in [-0.39, 0.29) is 0 Å². The first-order chi connectivity index (χ1) is 11.7. The van der Waals surface area contributed by atoms with Gasteiger partial charge in [0.2, 0.25) is 0 Å². The molecule has 0 amide bonds. The van der Waals surface area contributed by atoms with Crippen molar-refractivity contribution in [2.24, 2.45) is 0 Å². The van der Waals surface area contributed by atoms with Gasteiger partial charge >= 0.3 is 0 Å². The van der Waals surface area contributed by atoms with E-state index >= 15 is 0 Å². The van der Waals surface area contributed by atoms with Gasteiger partial charge in [-0.1, -0.05) is 30.3 Å². The third-order valence-electron chi connectivity index (χ3n) is 4.73. The normalized spacial score (nSPS) is 17.3. The number of piperazine rings is 1. The molecule has 6 nitrogen and oxygen atoms in total. The van der Waals surface area contributed by atoms with Gasteiger partial charge in [0.1, 0.15) is 16.7 Å². The zero-order valence-electron chi connectivity index (χ0n) is 13.5. The van der Waals surface area contributed by atoms with Crippen molar-refractivity contribution in [2.75, 3.05) is 31.1 Å². The van der Waals surface area contributed by atoms with E-state index in [2.05, 4.69) is 83.2 Å². The van der Waals surface area contributed by atoms with Crippen molar-refractivity contribution in [3.05, 3.63) is 46.8 Å². The second-order valence-electron chi connectivity index (χ2n) is 6.04. The number of aromatic amines is 1. The second-order valence-corrected chi connectivity index (χ2v) is 6.84. The fraction of sp³-hybridized carbons (Fsp3) is 0.353. The molecule has 0 aliphatic carbocycles. The molecule has 7 heteroatoms. The maximum absolute atomic E-state index is 4.50. The summed E-state index contributed by atoms with van der Waals surface area (Å²) >= 11 is 3.51. The molecule has 124 valence electrons. The first-order valence-corrected chi connectivity index (χ1v) is 8.92. The number of hydrogen-bond donors (Lipinski definition) is 1. The van der Waals surface area contributed by atoms with Crippen LogP contribution in [0.4, 0.5) is 5.82 Å². The molecule has 0 saturated carbocycles. The summed E-state index contributed by atoms with van der Waals surface area (Å²) in [5.41, 5.74) is 2.07. The molecule has 3 aromatic rings. The SMILES string of the molecule is CC(c1ccccc1)N1CCN(c2ncnc3n[nH]c(Br)c23)CC1. The predicted octanol–water partition coefficient (Wildman–Crippen LogP) is 3.00. The highest BCUT2D eigenvalue weighted by Crippen LogP contribution is 2.30. The smallest absolute Gasteiger partial charge is 0.187 e. The number of anilines is 1. The summed E-state index contributed by atoms with van der Waals surface area (Å²) in [4.78, 5) is 13.6. The summed E-state index contributed by atoms with van der Waals surface area (Å²) in [6, 6.07) is 11.1. The minimum atomic E-state index is 0.430. The summed E-state index contributed by atoms with van der Waals surface area (Å²) in [6.45, 7) is 6.19. The Morgan fingerprint density at radius 1 is 1.08 bits per heavy atom. The fourth-order valence-corrected chi connectivity index (χ4v) is 3.75. The molecule has 1 aliphatic rings. The minimum Gasteiger partial charge on any atom is -0.353 e. The van der Waals surface area contributed by atoms with Gasteiger partial charge in [0, 0.05) is 32.2 Å². The standard InChI is InChI=1S/C17H19BrN6/c1-12(13-5-3-2-4-6-13)23-7-9-24(10-8-23)17-14-15(18)21-22-16(14)19-11-20-17/h2-6,11-12H,7-10H2,1H3,(H,19,20,21,22). The van der Waals surface area contributed by atoms with Gasteiger partial charge in [-0.05, 0) is 28.4 Å². The molecular formula is C17H19BrN6. The molecule has 1 saturated heterocycles. The average molecular weight is 387 g/mol. The van der Waals surface area contributed by atoms with Crippen LogP contribution in [-0.2, 0) is 0 Å². The van der Waals surface area contributed by atoms with Gasteiger partial charge < -0.3 is 4.90 Å². The largest absolute Gasteiger partial charge is 0.353 e. The van der Waals surface area contributed by atoms with E-state index in [1.54, 1.807) is 6.33 Å². The van der Waals surface area contributed by atoms with Crippen molar-refractivity contribution < 1.29 is 0 Å². The second kappa shape index (κ2) is 6.49. The zero-order chi connectivity index (χ0) is 16.5. The number of H-pyrrole nitrogens is 1. The molecule has 1 unspecified atom stereocenters. The Bertz CT molecular complexity index is 825. The van der Waals surface area contributed by atoms with Crippen LogP contribution in [0.5, 0.6) is 0 Å².